The summed E-state index contributed by atoms with van der Waals surface area (Å²) in [5, 5.41) is 9.20. The SMILES string of the molecule is C[C@@H](CN1C[C@H]2C[C@@H]1C(=O)N2c1ccc(F)cc1)C(=O)N1CCC[C@H]1C#N. The second-order valence-electron chi connectivity index (χ2n) is 7.76. The van der Waals surface area contributed by atoms with Crippen LogP contribution in [0.3, 0.4) is 0 Å². The summed E-state index contributed by atoms with van der Waals surface area (Å²) in [6.45, 7) is 3.76. The summed E-state index contributed by atoms with van der Waals surface area (Å²) in [4.78, 5) is 31.1. The Hall–Kier alpha value is -2.46. The van der Waals surface area contributed by atoms with Crippen molar-refractivity contribution in [3.8, 4) is 6.07 Å². The summed E-state index contributed by atoms with van der Waals surface area (Å²) < 4.78 is 13.2. The van der Waals surface area contributed by atoms with Crippen LogP contribution in [-0.4, -0.2) is 59.4 Å². The van der Waals surface area contributed by atoms with E-state index in [0.29, 0.717) is 19.6 Å². The number of carbonyl (C=O) groups is 2. The molecule has 3 aliphatic rings. The van der Waals surface area contributed by atoms with Gasteiger partial charge in [0.15, 0.2) is 0 Å². The number of rotatable bonds is 4. The van der Waals surface area contributed by atoms with Gasteiger partial charge in [-0.2, -0.15) is 5.26 Å². The molecule has 3 fully saturated rings. The molecule has 4 atom stereocenters. The zero-order valence-electron chi connectivity index (χ0n) is 15.3. The number of fused-ring (bicyclic) bond motifs is 2. The highest BCUT2D eigenvalue weighted by atomic mass is 19.1. The van der Waals surface area contributed by atoms with Gasteiger partial charge in [-0.25, -0.2) is 4.39 Å². The van der Waals surface area contributed by atoms with Gasteiger partial charge in [-0.15, -0.1) is 0 Å². The first-order valence-corrected chi connectivity index (χ1v) is 9.52. The Morgan fingerprint density at radius 1 is 1.37 bits per heavy atom. The van der Waals surface area contributed by atoms with Crippen molar-refractivity contribution >= 4 is 17.5 Å². The van der Waals surface area contributed by atoms with Gasteiger partial charge in [0.1, 0.15) is 11.9 Å². The number of likely N-dealkylation sites (tertiary alicyclic amines) is 2. The van der Waals surface area contributed by atoms with Crippen molar-refractivity contribution in [2.45, 2.75) is 44.3 Å². The molecule has 0 aromatic heterocycles. The summed E-state index contributed by atoms with van der Waals surface area (Å²) in [6, 6.07) is 7.75. The lowest BCUT2D eigenvalue weighted by Crippen LogP contribution is -2.52. The molecular formula is C20H23FN4O2. The number of nitriles is 1. The van der Waals surface area contributed by atoms with Crippen molar-refractivity contribution in [3.63, 3.8) is 0 Å². The van der Waals surface area contributed by atoms with Crippen LogP contribution in [0.2, 0.25) is 0 Å². The van der Waals surface area contributed by atoms with E-state index >= 15 is 0 Å². The monoisotopic (exact) mass is 370 g/mol. The van der Waals surface area contributed by atoms with Crippen molar-refractivity contribution in [3.05, 3.63) is 30.1 Å². The zero-order chi connectivity index (χ0) is 19.1. The Morgan fingerprint density at radius 3 is 2.78 bits per heavy atom. The molecular weight excluding hydrogens is 347 g/mol. The second kappa shape index (κ2) is 6.93. The number of anilines is 1. The van der Waals surface area contributed by atoms with Crippen molar-refractivity contribution in [2.24, 2.45) is 5.92 Å². The van der Waals surface area contributed by atoms with Gasteiger partial charge < -0.3 is 9.80 Å². The first-order chi connectivity index (χ1) is 13.0. The van der Waals surface area contributed by atoms with E-state index in [1.54, 1.807) is 21.9 Å². The maximum atomic E-state index is 13.2. The number of halogens is 1. The predicted octanol–water partition coefficient (Wildman–Crippen LogP) is 1.77. The Balaban J connectivity index is 1.40. The van der Waals surface area contributed by atoms with E-state index in [2.05, 4.69) is 11.0 Å². The highest BCUT2D eigenvalue weighted by Crippen LogP contribution is 2.36. The predicted molar refractivity (Wildman–Crippen MR) is 97.2 cm³/mol. The van der Waals surface area contributed by atoms with E-state index in [1.807, 2.05) is 6.92 Å². The third-order valence-electron chi connectivity index (χ3n) is 5.99. The zero-order valence-corrected chi connectivity index (χ0v) is 15.3. The molecule has 0 aliphatic carbocycles. The number of nitrogens with zero attached hydrogens (tertiary/aromatic N) is 4. The quantitative estimate of drug-likeness (QED) is 0.810. The van der Waals surface area contributed by atoms with Crippen LogP contribution in [0.1, 0.15) is 26.2 Å². The van der Waals surface area contributed by atoms with Crippen molar-refractivity contribution < 1.29 is 14.0 Å². The Kier molecular flexibility index (Phi) is 4.60. The Labute approximate surface area is 158 Å². The van der Waals surface area contributed by atoms with Crippen LogP contribution in [0.4, 0.5) is 10.1 Å². The molecule has 2 bridgehead atoms. The van der Waals surface area contributed by atoms with Crippen molar-refractivity contribution in [1.29, 1.82) is 5.26 Å². The van der Waals surface area contributed by atoms with Gasteiger partial charge in [-0.1, -0.05) is 6.92 Å². The lowest BCUT2D eigenvalue weighted by atomic mass is 10.1. The summed E-state index contributed by atoms with van der Waals surface area (Å²) in [6.07, 6.45) is 2.35. The third kappa shape index (κ3) is 3.08. The average molecular weight is 370 g/mol. The molecule has 0 saturated carbocycles. The first-order valence-electron chi connectivity index (χ1n) is 9.52. The maximum absolute atomic E-state index is 13.2. The molecule has 3 aliphatic heterocycles. The number of hydrogen-bond acceptors (Lipinski definition) is 4. The van der Waals surface area contributed by atoms with Gasteiger partial charge in [0.2, 0.25) is 11.8 Å². The number of amides is 2. The van der Waals surface area contributed by atoms with Crippen LogP contribution in [0.15, 0.2) is 24.3 Å². The number of hydrogen-bond donors (Lipinski definition) is 0. The van der Waals surface area contributed by atoms with Crippen molar-refractivity contribution in [1.82, 2.24) is 9.80 Å². The van der Waals surface area contributed by atoms with Crippen LogP contribution in [0.25, 0.3) is 0 Å². The average Bonchev–Trinajstić information content (AvgIpc) is 3.36. The molecule has 6 nitrogen and oxygen atoms in total. The number of benzene rings is 1. The first kappa shape index (κ1) is 17.9. The van der Waals surface area contributed by atoms with Crippen LogP contribution in [0.5, 0.6) is 0 Å². The van der Waals surface area contributed by atoms with Crippen LogP contribution < -0.4 is 4.90 Å². The highest BCUT2D eigenvalue weighted by molar-refractivity contribution is 6.01. The number of carbonyl (C=O) groups excluding carboxylic acids is 2. The van der Waals surface area contributed by atoms with Crippen molar-refractivity contribution in [2.75, 3.05) is 24.5 Å². The van der Waals surface area contributed by atoms with Gasteiger partial charge in [0, 0.05) is 31.2 Å². The Bertz CT molecular complexity index is 790. The smallest absolute Gasteiger partial charge is 0.244 e. The van der Waals surface area contributed by atoms with E-state index in [0.717, 1.165) is 24.9 Å². The van der Waals surface area contributed by atoms with Gasteiger partial charge in [-0.05, 0) is 43.5 Å². The normalized spacial score (nSPS) is 28.6. The molecule has 7 heteroatoms. The Morgan fingerprint density at radius 2 is 2.11 bits per heavy atom. The van der Waals surface area contributed by atoms with E-state index in [9.17, 15) is 19.2 Å². The second-order valence-corrected chi connectivity index (χ2v) is 7.76. The largest absolute Gasteiger partial charge is 0.326 e. The fourth-order valence-electron chi connectivity index (χ4n) is 4.68. The molecule has 4 rings (SSSR count). The minimum absolute atomic E-state index is 0.00432. The minimum Gasteiger partial charge on any atom is -0.326 e. The molecule has 0 N–H and O–H groups in total. The van der Waals surface area contributed by atoms with Gasteiger partial charge in [0.25, 0.3) is 0 Å². The van der Waals surface area contributed by atoms with E-state index in [4.69, 9.17) is 0 Å². The molecule has 142 valence electrons. The van der Waals surface area contributed by atoms with E-state index in [1.165, 1.54) is 12.1 Å². The van der Waals surface area contributed by atoms with Crippen LogP contribution in [-0.2, 0) is 9.59 Å². The van der Waals surface area contributed by atoms with Gasteiger partial charge >= 0.3 is 0 Å². The molecule has 3 heterocycles. The molecule has 27 heavy (non-hydrogen) atoms. The summed E-state index contributed by atoms with van der Waals surface area (Å²) in [5.41, 5.74) is 0.728. The summed E-state index contributed by atoms with van der Waals surface area (Å²) >= 11 is 0. The molecule has 1 aromatic rings. The lowest BCUT2D eigenvalue weighted by molar-refractivity contribution is -0.136. The van der Waals surface area contributed by atoms with Crippen LogP contribution in [0, 0.1) is 23.1 Å². The highest BCUT2D eigenvalue weighted by Gasteiger charge is 2.50. The summed E-state index contributed by atoms with van der Waals surface area (Å²) in [5.74, 6) is -0.536. The molecule has 3 saturated heterocycles. The maximum Gasteiger partial charge on any atom is 0.244 e. The third-order valence-corrected chi connectivity index (χ3v) is 5.99. The summed E-state index contributed by atoms with van der Waals surface area (Å²) in [7, 11) is 0. The number of piperazine rings is 1. The fourth-order valence-corrected chi connectivity index (χ4v) is 4.68. The molecule has 0 unspecified atom stereocenters. The van der Waals surface area contributed by atoms with E-state index in [-0.39, 0.29) is 41.7 Å². The standard InChI is InChI=1S/C20H23FN4O2/c1-13(19(26)24-8-2-3-16(24)10-22)11-23-12-17-9-18(23)20(27)25(17)15-6-4-14(21)5-7-15/h4-7,13,16-18H,2-3,8-9,11-12H2,1H3/t13-,16-,17+,18+/m0/s1. The molecule has 0 spiro atoms. The van der Waals surface area contributed by atoms with Gasteiger partial charge in [-0.3, -0.25) is 14.5 Å². The topological polar surface area (TPSA) is 67.7 Å². The van der Waals surface area contributed by atoms with Gasteiger partial charge in [0.05, 0.1) is 18.2 Å². The lowest BCUT2D eigenvalue weighted by Gasteiger charge is -2.35. The molecule has 0 radical (unpaired) electrons. The fraction of sp³-hybridized carbons (Fsp3) is 0.550. The molecule has 1 aromatic carbocycles. The minimum atomic E-state index is -0.317. The molecule has 2 amide bonds. The van der Waals surface area contributed by atoms with E-state index < -0.39 is 0 Å². The van der Waals surface area contributed by atoms with Crippen LogP contribution >= 0.6 is 0 Å².